The first kappa shape index (κ1) is 60.4. The summed E-state index contributed by atoms with van der Waals surface area (Å²) >= 11 is 0. The molecule has 0 radical (unpaired) electrons. The van der Waals surface area contributed by atoms with E-state index in [1.165, 1.54) is 32.3 Å². The Labute approximate surface area is 628 Å². The molecule has 7 aromatic heterocycles. The van der Waals surface area contributed by atoms with Crippen LogP contribution < -0.4 is 0 Å². The zero-order chi connectivity index (χ0) is 71.8. The second-order valence-electron chi connectivity index (χ2n) is 29.1. The molecule has 8 nitrogen and oxygen atoms in total. The van der Waals surface area contributed by atoms with Crippen molar-refractivity contribution in [1.29, 1.82) is 0 Å². The minimum absolute atomic E-state index is 0.653. The van der Waals surface area contributed by atoms with Gasteiger partial charge in [-0.15, -0.1) is 0 Å². The number of rotatable bonds is 9. The van der Waals surface area contributed by atoms with Gasteiger partial charge in [-0.25, -0.2) is 9.97 Å². The quantitative estimate of drug-likeness (QED) is 0.144. The molecule has 0 saturated heterocycles. The number of benzene rings is 17. The van der Waals surface area contributed by atoms with Gasteiger partial charge in [0, 0.05) is 98.2 Å². The molecule has 0 aliphatic heterocycles. The molecule has 0 saturated carbocycles. The summed E-state index contributed by atoms with van der Waals surface area (Å²) in [5, 5.41) is 17.1. The van der Waals surface area contributed by atoms with Crippen LogP contribution in [-0.2, 0) is 0 Å². The Kier molecular flexibility index (Phi) is 12.8. The molecule has 24 rings (SSSR count). The van der Waals surface area contributed by atoms with Crippen LogP contribution in [0.2, 0.25) is 0 Å². The van der Waals surface area contributed by atoms with Gasteiger partial charge >= 0.3 is 0 Å². The highest BCUT2D eigenvalue weighted by Crippen LogP contribution is 2.44. The summed E-state index contributed by atoms with van der Waals surface area (Å²) in [4.78, 5) is 11.1. The Morgan fingerprint density at radius 3 is 0.973 bits per heavy atom. The highest BCUT2D eigenvalue weighted by atomic mass is 16.3. The zero-order valence-corrected chi connectivity index (χ0v) is 59.0. The Hall–Kier alpha value is -14.9. The van der Waals surface area contributed by atoms with E-state index in [9.17, 15) is 0 Å². The highest BCUT2D eigenvalue weighted by molar-refractivity contribution is 6.15. The zero-order valence-electron chi connectivity index (χ0n) is 59.0. The molecule has 0 aliphatic carbocycles. The third kappa shape index (κ3) is 9.27. The van der Waals surface area contributed by atoms with E-state index in [2.05, 4.69) is 335 Å². The summed E-state index contributed by atoms with van der Waals surface area (Å²) in [6, 6.07) is 129. The Morgan fingerprint density at radius 1 is 0.182 bits per heavy atom. The van der Waals surface area contributed by atoms with Gasteiger partial charge in [-0.1, -0.05) is 194 Å². The minimum Gasteiger partial charge on any atom is -0.456 e. The van der Waals surface area contributed by atoms with Gasteiger partial charge in [0.15, 0.2) is 5.82 Å². The van der Waals surface area contributed by atoms with Gasteiger partial charge in [0.25, 0.3) is 0 Å². The molecule has 0 aliphatic rings. The summed E-state index contributed by atoms with van der Waals surface area (Å²) < 4.78 is 26.2. The predicted octanol–water partition coefficient (Wildman–Crippen LogP) is 27.8. The van der Waals surface area contributed by atoms with Crippen molar-refractivity contribution in [3.05, 3.63) is 358 Å². The van der Waals surface area contributed by atoms with Gasteiger partial charge in [0.05, 0.1) is 44.3 Å². The number of hydrogen-bond acceptors (Lipinski definition) is 5. The van der Waals surface area contributed by atoms with Crippen LogP contribution >= 0.6 is 0 Å². The van der Waals surface area contributed by atoms with Crippen LogP contribution in [0.5, 0.6) is 0 Å². The molecule has 0 atom stereocenters. The Morgan fingerprint density at radius 2 is 0.500 bits per heavy atom. The largest absolute Gasteiger partial charge is 0.456 e. The minimum atomic E-state index is 0.653. The molecular formula is C102H59N5O3. The van der Waals surface area contributed by atoms with E-state index in [0.717, 1.165) is 199 Å². The summed E-state index contributed by atoms with van der Waals surface area (Å²) in [7, 11) is 0. The van der Waals surface area contributed by atoms with Crippen molar-refractivity contribution < 1.29 is 13.3 Å². The lowest BCUT2D eigenvalue weighted by molar-refractivity contribution is 0.668. The molecule has 17 aromatic carbocycles. The number of furan rings is 3. The van der Waals surface area contributed by atoms with Crippen LogP contribution in [0.1, 0.15) is 0 Å². The lowest BCUT2D eigenvalue weighted by Gasteiger charge is -2.14. The fourth-order valence-electron chi connectivity index (χ4n) is 17.7. The van der Waals surface area contributed by atoms with E-state index in [1.54, 1.807) is 0 Å². The Bertz CT molecular complexity index is 8040. The van der Waals surface area contributed by atoms with Gasteiger partial charge < -0.3 is 27.0 Å². The molecule has 0 fully saturated rings. The maximum absolute atomic E-state index is 6.37. The van der Waals surface area contributed by atoms with Crippen molar-refractivity contribution in [2.45, 2.75) is 0 Å². The van der Waals surface area contributed by atoms with E-state index in [-0.39, 0.29) is 0 Å². The first-order valence-electron chi connectivity index (χ1n) is 37.4. The normalized spacial score (nSPS) is 12.2. The van der Waals surface area contributed by atoms with Crippen LogP contribution in [0.3, 0.4) is 0 Å². The lowest BCUT2D eigenvalue weighted by atomic mass is 9.99. The van der Waals surface area contributed by atoms with Crippen LogP contribution in [0, 0.1) is 0 Å². The van der Waals surface area contributed by atoms with Gasteiger partial charge in [-0.3, -0.25) is 0 Å². The predicted molar refractivity (Wildman–Crippen MR) is 455 cm³/mol. The van der Waals surface area contributed by atoms with E-state index >= 15 is 0 Å². The number of fused-ring (bicyclic) bond motifs is 20. The first-order valence-corrected chi connectivity index (χ1v) is 37.4. The summed E-state index contributed by atoms with van der Waals surface area (Å²) in [6.07, 6.45) is 0. The molecule has 510 valence electrons. The van der Waals surface area contributed by atoms with Gasteiger partial charge in [-0.05, 0) is 219 Å². The number of aromatic nitrogens is 5. The van der Waals surface area contributed by atoms with E-state index in [0.29, 0.717) is 5.82 Å². The number of para-hydroxylation sites is 6. The van der Waals surface area contributed by atoms with Gasteiger partial charge in [0.2, 0.25) is 0 Å². The van der Waals surface area contributed by atoms with Gasteiger partial charge in [-0.2, -0.15) is 0 Å². The van der Waals surface area contributed by atoms with Crippen LogP contribution in [0.15, 0.2) is 371 Å². The maximum atomic E-state index is 6.37. The van der Waals surface area contributed by atoms with E-state index in [4.69, 9.17) is 23.2 Å². The molecule has 0 amide bonds. The lowest BCUT2D eigenvalue weighted by Crippen LogP contribution is -1.98. The molecule has 24 aromatic rings. The smallest absolute Gasteiger partial charge is 0.160 e. The molecule has 110 heavy (non-hydrogen) atoms. The van der Waals surface area contributed by atoms with E-state index in [1.807, 2.05) is 36.4 Å². The van der Waals surface area contributed by atoms with Crippen molar-refractivity contribution in [3.63, 3.8) is 0 Å². The van der Waals surface area contributed by atoms with Crippen molar-refractivity contribution in [1.82, 2.24) is 23.7 Å². The first-order chi connectivity index (χ1) is 54.4. The maximum Gasteiger partial charge on any atom is 0.160 e. The van der Waals surface area contributed by atoms with Crippen molar-refractivity contribution in [2.75, 3.05) is 0 Å². The third-order valence-electron chi connectivity index (χ3n) is 23.0. The van der Waals surface area contributed by atoms with Crippen molar-refractivity contribution in [3.8, 4) is 84.2 Å². The summed E-state index contributed by atoms with van der Waals surface area (Å²) in [6.45, 7) is 0. The molecule has 7 heterocycles. The van der Waals surface area contributed by atoms with Crippen molar-refractivity contribution in [2.24, 2.45) is 0 Å². The SMILES string of the molecule is c1ccc2c(c1)oc1cc(-c3ccc4c(c3)c3ccccc3n4-c3ccc(-c4ccc5nc(-c6ccc7cc(-n8c9ccccc9c9cc(-c%10ccc%11c(c%10)oc%10ccccc%10%11)ccc98)ccc7c6)nc(-c6ccc(-n7c8ccccc8c8cc(-c9ccc%10c(c9)oc9ccccc9%10)ccc87)cc6)c5c4)cc3)ccc12. The third-order valence-corrected chi connectivity index (χ3v) is 23.0. The topological polar surface area (TPSA) is 80.0 Å². The average Bonchev–Trinajstić information content (AvgIpc) is 1.56. The number of nitrogens with zero attached hydrogens (tertiary/aromatic N) is 5. The monoisotopic (exact) mass is 1400 g/mol. The number of hydrogen-bond donors (Lipinski definition) is 0. The van der Waals surface area contributed by atoms with E-state index < -0.39 is 0 Å². The average molecular weight is 1400 g/mol. The molecule has 0 spiro atoms. The summed E-state index contributed by atoms with van der Waals surface area (Å²) in [5.74, 6) is 0.653. The molecule has 0 unspecified atom stereocenters. The van der Waals surface area contributed by atoms with Crippen LogP contribution in [0.25, 0.3) is 237 Å². The second kappa shape index (κ2) is 23.3. The van der Waals surface area contributed by atoms with Crippen molar-refractivity contribution >= 4 is 153 Å². The molecule has 0 N–H and O–H groups in total. The Balaban J connectivity index is 0.600. The standard InChI is InChI=1S/C102H59N5O3/c1-7-19-89-75(13-1)84-53-65(68-32-44-81-78-16-4-10-22-95(78)108-98(81)57-68)36-48-92(84)105(89)72-39-27-60(28-40-72)64-35-47-88-87(56-64)101(61-29-41-73(42-30-61)106-90-20-8-2-14-76(90)85-54-66(37-49-93(85)106)69-33-45-82-79-17-5-11-23-96(79)109-99(82)58-69)104-102(103-88)71-26-25-63-52-74(43-31-62(63)51-71)107-91-21-9-3-15-77(91)86-55-67(38-50-94(86)107)70-34-46-83-80-18-6-12-24-97(80)110-100(83)59-70/h1-59H. The molecular weight excluding hydrogens is 1340 g/mol. The highest BCUT2D eigenvalue weighted by Gasteiger charge is 2.22. The molecule has 0 bridgehead atoms. The second-order valence-corrected chi connectivity index (χ2v) is 29.1. The fourth-order valence-corrected chi connectivity index (χ4v) is 17.7. The van der Waals surface area contributed by atoms with Crippen LogP contribution in [0.4, 0.5) is 0 Å². The summed E-state index contributed by atoms with van der Waals surface area (Å²) in [5.41, 5.74) is 28.0. The fraction of sp³-hybridized carbons (Fsp3) is 0. The van der Waals surface area contributed by atoms with Gasteiger partial charge in [0.1, 0.15) is 33.5 Å². The molecule has 8 heteroatoms. The van der Waals surface area contributed by atoms with Crippen LogP contribution in [-0.4, -0.2) is 23.7 Å².